The molecular weight excluding hydrogens is 380 g/mol. The number of phenolic OH excluding ortho intramolecular Hbond substituents is 2. The molecule has 1 fully saturated rings. The zero-order valence-electron chi connectivity index (χ0n) is 20.9. The normalized spacial score (nSPS) is 16.2. The highest BCUT2D eigenvalue weighted by Gasteiger charge is 2.34. The number of hydrogen-bond acceptors (Lipinski definition) is 2. The van der Waals surface area contributed by atoms with Gasteiger partial charge in [-0.25, -0.2) is 0 Å². The van der Waals surface area contributed by atoms with Gasteiger partial charge in [-0.05, 0) is 54.6 Å². The molecule has 0 radical (unpaired) electrons. The second-order valence-electron chi connectivity index (χ2n) is 11.9. The van der Waals surface area contributed by atoms with Crippen LogP contribution < -0.4 is 0 Å². The Hall–Kier alpha value is -1.96. The molecule has 2 aromatic carbocycles. The fourth-order valence-electron chi connectivity index (χ4n) is 5.37. The van der Waals surface area contributed by atoms with Gasteiger partial charge < -0.3 is 10.2 Å². The van der Waals surface area contributed by atoms with E-state index in [2.05, 4.69) is 79.7 Å². The number of hydrogen-bond donors (Lipinski definition) is 2. The Labute approximate surface area is 189 Å². The van der Waals surface area contributed by atoms with Crippen molar-refractivity contribution in [3.8, 4) is 11.5 Å². The number of aromatic hydroxyl groups is 2. The van der Waals surface area contributed by atoms with Crippen molar-refractivity contribution >= 4 is 0 Å². The summed E-state index contributed by atoms with van der Waals surface area (Å²) in [5.41, 5.74) is 6.00. The lowest BCUT2D eigenvalue weighted by Gasteiger charge is -2.35. The van der Waals surface area contributed by atoms with Gasteiger partial charge >= 0.3 is 0 Å². The average Bonchev–Trinajstić information content (AvgIpc) is 2.66. The van der Waals surface area contributed by atoms with Crippen LogP contribution in [0.15, 0.2) is 24.3 Å². The topological polar surface area (TPSA) is 40.5 Å². The molecule has 1 saturated carbocycles. The van der Waals surface area contributed by atoms with Crippen molar-refractivity contribution in [1.82, 2.24) is 0 Å². The highest BCUT2D eigenvalue weighted by Crippen LogP contribution is 2.50. The molecular formula is C29H42O2. The molecule has 2 aromatic rings. The predicted octanol–water partition coefficient (Wildman–Crippen LogP) is 8.02. The van der Waals surface area contributed by atoms with E-state index in [-0.39, 0.29) is 16.7 Å². The molecule has 2 heteroatoms. The molecule has 1 aliphatic carbocycles. The first-order valence-electron chi connectivity index (χ1n) is 12.0. The molecule has 0 aliphatic heterocycles. The predicted molar refractivity (Wildman–Crippen MR) is 132 cm³/mol. The van der Waals surface area contributed by atoms with Crippen LogP contribution in [0.5, 0.6) is 11.5 Å². The number of rotatable bonds is 3. The Morgan fingerprint density at radius 2 is 1.06 bits per heavy atom. The lowest BCUT2D eigenvalue weighted by molar-refractivity contribution is 0.314. The van der Waals surface area contributed by atoms with E-state index in [9.17, 15) is 10.2 Å². The monoisotopic (exact) mass is 422 g/mol. The lowest BCUT2D eigenvalue weighted by Crippen LogP contribution is -2.21. The van der Waals surface area contributed by atoms with Crippen molar-refractivity contribution in [3.05, 3.63) is 57.6 Å². The van der Waals surface area contributed by atoms with E-state index in [0.29, 0.717) is 17.4 Å². The Kier molecular flexibility index (Phi) is 6.52. The molecule has 0 amide bonds. The van der Waals surface area contributed by atoms with Crippen LogP contribution in [0.2, 0.25) is 0 Å². The Morgan fingerprint density at radius 1 is 0.677 bits per heavy atom. The third-order valence-electron chi connectivity index (χ3n) is 6.97. The maximum absolute atomic E-state index is 11.5. The standard InChI is InChI=1S/C29H42O2/c1-18-14-21(26(30)23(16-18)28(3,4)5)25(20-12-10-9-11-13-20)22-15-19(2)17-24(27(22)31)29(6,7)8/h14-17,20,25,30-31H,9-13H2,1-8H3. The second-order valence-corrected chi connectivity index (χ2v) is 11.9. The fourth-order valence-corrected chi connectivity index (χ4v) is 5.37. The molecule has 0 aromatic heterocycles. The molecule has 1 aliphatic rings. The summed E-state index contributed by atoms with van der Waals surface area (Å²) < 4.78 is 0. The van der Waals surface area contributed by atoms with Crippen LogP contribution in [-0.4, -0.2) is 10.2 Å². The molecule has 31 heavy (non-hydrogen) atoms. The van der Waals surface area contributed by atoms with Crippen molar-refractivity contribution in [2.24, 2.45) is 5.92 Å². The minimum atomic E-state index is -0.146. The van der Waals surface area contributed by atoms with E-state index < -0.39 is 0 Å². The summed E-state index contributed by atoms with van der Waals surface area (Å²) in [6.45, 7) is 17.2. The number of phenols is 2. The van der Waals surface area contributed by atoms with Gasteiger partial charge in [0.05, 0.1) is 0 Å². The van der Waals surface area contributed by atoms with Crippen molar-refractivity contribution in [2.45, 2.75) is 104 Å². The Balaban J connectivity index is 2.31. The summed E-state index contributed by atoms with van der Waals surface area (Å²) >= 11 is 0. The van der Waals surface area contributed by atoms with Gasteiger partial charge in [0.25, 0.3) is 0 Å². The lowest BCUT2D eigenvalue weighted by atomic mass is 9.70. The smallest absolute Gasteiger partial charge is 0.123 e. The van der Waals surface area contributed by atoms with E-state index in [1.165, 1.54) is 30.4 Å². The minimum absolute atomic E-state index is 0.00213. The molecule has 0 unspecified atom stereocenters. The van der Waals surface area contributed by atoms with Crippen LogP contribution in [0.25, 0.3) is 0 Å². The van der Waals surface area contributed by atoms with Crippen LogP contribution in [-0.2, 0) is 10.8 Å². The summed E-state index contributed by atoms with van der Waals surface area (Å²) in [6.07, 6.45) is 6.00. The van der Waals surface area contributed by atoms with Gasteiger partial charge in [-0.2, -0.15) is 0 Å². The molecule has 170 valence electrons. The minimum Gasteiger partial charge on any atom is -0.507 e. The summed E-state index contributed by atoms with van der Waals surface area (Å²) in [5, 5.41) is 23.0. The first kappa shape index (κ1) is 23.7. The van der Waals surface area contributed by atoms with Gasteiger partial charge in [0.15, 0.2) is 0 Å². The third kappa shape index (κ3) is 4.94. The largest absolute Gasteiger partial charge is 0.507 e. The second kappa shape index (κ2) is 8.52. The highest BCUT2D eigenvalue weighted by molar-refractivity contribution is 5.56. The highest BCUT2D eigenvalue weighted by atomic mass is 16.3. The molecule has 0 spiro atoms. The molecule has 0 bridgehead atoms. The molecule has 0 saturated heterocycles. The van der Waals surface area contributed by atoms with E-state index in [0.717, 1.165) is 35.1 Å². The van der Waals surface area contributed by atoms with Crippen LogP contribution >= 0.6 is 0 Å². The van der Waals surface area contributed by atoms with Gasteiger partial charge in [-0.3, -0.25) is 0 Å². The van der Waals surface area contributed by atoms with Gasteiger partial charge in [-0.15, -0.1) is 0 Å². The molecule has 2 N–H and O–H groups in total. The van der Waals surface area contributed by atoms with Crippen molar-refractivity contribution < 1.29 is 10.2 Å². The van der Waals surface area contributed by atoms with Crippen LogP contribution in [0, 0.1) is 19.8 Å². The number of benzene rings is 2. The van der Waals surface area contributed by atoms with E-state index >= 15 is 0 Å². The average molecular weight is 423 g/mol. The maximum Gasteiger partial charge on any atom is 0.123 e. The van der Waals surface area contributed by atoms with Gasteiger partial charge in [0.1, 0.15) is 11.5 Å². The zero-order valence-corrected chi connectivity index (χ0v) is 20.9. The first-order chi connectivity index (χ1) is 14.3. The fraction of sp³-hybridized carbons (Fsp3) is 0.586. The van der Waals surface area contributed by atoms with Gasteiger partial charge in [0.2, 0.25) is 0 Å². The van der Waals surface area contributed by atoms with Gasteiger partial charge in [0, 0.05) is 17.0 Å². The Morgan fingerprint density at radius 3 is 1.42 bits per heavy atom. The summed E-state index contributed by atoms with van der Waals surface area (Å²) in [5.74, 6) is 1.25. The van der Waals surface area contributed by atoms with Crippen LogP contribution in [0.4, 0.5) is 0 Å². The summed E-state index contributed by atoms with van der Waals surface area (Å²) in [7, 11) is 0. The third-order valence-corrected chi connectivity index (χ3v) is 6.97. The number of aryl methyl sites for hydroxylation is 2. The van der Waals surface area contributed by atoms with Gasteiger partial charge in [-0.1, -0.05) is 96.2 Å². The summed E-state index contributed by atoms with van der Waals surface area (Å²) in [4.78, 5) is 0. The quantitative estimate of drug-likeness (QED) is 0.525. The zero-order chi connectivity index (χ0) is 23.1. The van der Waals surface area contributed by atoms with Crippen LogP contribution in [0.3, 0.4) is 0 Å². The molecule has 0 heterocycles. The summed E-state index contributed by atoms with van der Waals surface area (Å²) in [6, 6.07) is 8.55. The van der Waals surface area contributed by atoms with E-state index in [1.54, 1.807) is 0 Å². The van der Waals surface area contributed by atoms with Crippen LogP contribution in [0.1, 0.15) is 113 Å². The van der Waals surface area contributed by atoms with E-state index in [4.69, 9.17) is 0 Å². The van der Waals surface area contributed by atoms with Crippen molar-refractivity contribution in [1.29, 1.82) is 0 Å². The maximum atomic E-state index is 11.5. The van der Waals surface area contributed by atoms with Crippen molar-refractivity contribution in [3.63, 3.8) is 0 Å². The van der Waals surface area contributed by atoms with Crippen molar-refractivity contribution in [2.75, 3.05) is 0 Å². The van der Waals surface area contributed by atoms with E-state index in [1.807, 2.05) is 0 Å². The molecule has 3 rings (SSSR count). The molecule has 2 nitrogen and oxygen atoms in total. The SMILES string of the molecule is Cc1cc(C(c2cc(C)cc(C(C)(C)C)c2O)C2CCCCC2)c(O)c(C(C)(C)C)c1. The first-order valence-corrected chi connectivity index (χ1v) is 12.0. The molecule has 0 atom stereocenters. The Bertz CT molecular complexity index is 865.